The minimum Gasteiger partial charge on any atom is -0.354 e. The van der Waals surface area contributed by atoms with Gasteiger partial charge in [-0.1, -0.05) is 12.1 Å². The molecule has 28 heavy (non-hydrogen) atoms. The van der Waals surface area contributed by atoms with Gasteiger partial charge in [0.05, 0.1) is 0 Å². The number of aryl methyl sites for hydroxylation is 1. The van der Waals surface area contributed by atoms with Gasteiger partial charge in [0.1, 0.15) is 28.2 Å². The van der Waals surface area contributed by atoms with Crippen molar-refractivity contribution < 1.29 is 12.8 Å². The lowest BCUT2D eigenvalue weighted by Crippen LogP contribution is -2.49. The molecule has 0 atom stereocenters. The first kappa shape index (κ1) is 18.6. The fraction of sp³-hybridized carbons (Fsp3) is 0.263. The predicted octanol–water partition coefficient (Wildman–Crippen LogP) is 2.23. The van der Waals surface area contributed by atoms with Crippen molar-refractivity contribution in [3.8, 4) is 5.82 Å². The van der Waals surface area contributed by atoms with Crippen LogP contribution in [-0.4, -0.2) is 53.4 Å². The van der Waals surface area contributed by atoms with E-state index in [1.54, 1.807) is 0 Å². The van der Waals surface area contributed by atoms with Crippen molar-refractivity contribution in [3.63, 3.8) is 0 Å². The maximum absolute atomic E-state index is 14.0. The number of rotatable bonds is 4. The van der Waals surface area contributed by atoms with Crippen molar-refractivity contribution >= 4 is 15.8 Å². The highest BCUT2D eigenvalue weighted by molar-refractivity contribution is 7.89. The van der Waals surface area contributed by atoms with Crippen LogP contribution in [0.15, 0.2) is 59.8 Å². The highest BCUT2D eigenvalue weighted by Gasteiger charge is 2.31. The van der Waals surface area contributed by atoms with Crippen molar-refractivity contribution in [1.82, 2.24) is 18.8 Å². The number of aromatic nitrogens is 3. The molecule has 0 unspecified atom stereocenters. The number of halogens is 1. The van der Waals surface area contributed by atoms with Crippen LogP contribution in [-0.2, 0) is 10.0 Å². The monoisotopic (exact) mass is 401 g/mol. The van der Waals surface area contributed by atoms with Gasteiger partial charge in [-0.25, -0.2) is 22.8 Å². The molecule has 1 aliphatic heterocycles. The van der Waals surface area contributed by atoms with Crippen molar-refractivity contribution in [1.29, 1.82) is 0 Å². The molecule has 0 saturated carbocycles. The summed E-state index contributed by atoms with van der Waals surface area (Å²) in [6, 6.07) is 11.2. The van der Waals surface area contributed by atoms with E-state index >= 15 is 0 Å². The molecule has 7 nitrogen and oxygen atoms in total. The average molecular weight is 401 g/mol. The van der Waals surface area contributed by atoms with Crippen molar-refractivity contribution in [2.24, 2.45) is 0 Å². The van der Waals surface area contributed by atoms with E-state index in [-0.39, 0.29) is 18.0 Å². The Morgan fingerprint density at radius 2 is 1.57 bits per heavy atom. The lowest BCUT2D eigenvalue weighted by molar-refractivity contribution is 0.381. The topological polar surface area (TPSA) is 71.3 Å². The van der Waals surface area contributed by atoms with E-state index in [4.69, 9.17) is 0 Å². The number of nitrogens with zero attached hydrogens (tertiary/aromatic N) is 5. The van der Waals surface area contributed by atoms with Crippen LogP contribution in [0.1, 0.15) is 5.82 Å². The minimum absolute atomic E-state index is 0.262. The van der Waals surface area contributed by atoms with E-state index in [1.807, 2.05) is 47.0 Å². The zero-order valence-corrected chi connectivity index (χ0v) is 16.2. The normalized spacial score (nSPS) is 15.7. The van der Waals surface area contributed by atoms with Crippen molar-refractivity contribution in [2.75, 3.05) is 31.1 Å². The van der Waals surface area contributed by atoms with Crippen LogP contribution in [0.4, 0.5) is 10.2 Å². The largest absolute Gasteiger partial charge is 0.354 e. The Morgan fingerprint density at radius 3 is 2.25 bits per heavy atom. The third-order valence-corrected chi connectivity index (χ3v) is 6.63. The Labute approximate surface area is 163 Å². The van der Waals surface area contributed by atoms with Crippen LogP contribution in [0, 0.1) is 12.7 Å². The first-order valence-corrected chi connectivity index (χ1v) is 10.4. The maximum Gasteiger partial charge on any atom is 0.246 e. The summed E-state index contributed by atoms with van der Waals surface area (Å²) < 4.78 is 42.7. The second-order valence-corrected chi connectivity index (χ2v) is 8.45. The summed E-state index contributed by atoms with van der Waals surface area (Å²) in [5.74, 6) is 1.42. The van der Waals surface area contributed by atoms with E-state index in [0.29, 0.717) is 18.9 Å². The van der Waals surface area contributed by atoms with Gasteiger partial charge in [-0.2, -0.15) is 4.31 Å². The Balaban J connectivity index is 1.53. The third kappa shape index (κ3) is 3.50. The van der Waals surface area contributed by atoms with E-state index in [9.17, 15) is 12.8 Å². The lowest BCUT2D eigenvalue weighted by Gasteiger charge is -2.34. The average Bonchev–Trinajstić information content (AvgIpc) is 3.23. The Bertz CT molecular complexity index is 1080. The molecule has 0 radical (unpaired) electrons. The summed E-state index contributed by atoms with van der Waals surface area (Å²) in [4.78, 5) is 10.7. The standard InChI is InChI=1S/C19H20FN5O2S/c1-15-21-18(23-8-4-5-9-23)14-19(22-15)24-10-12-25(13-11-24)28(26,27)17-7-3-2-6-16(17)20/h2-9,14H,10-13H2,1H3. The van der Waals surface area contributed by atoms with Gasteiger partial charge in [0.2, 0.25) is 10.0 Å². The van der Waals surface area contributed by atoms with Gasteiger partial charge >= 0.3 is 0 Å². The minimum atomic E-state index is -3.86. The number of anilines is 1. The summed E-state index contributed by atoms with van der Waals surface area (Å²) in [6.45, 7) is 3.29. The van der Waals surface area contributed by atoms with Crippen LogP contribution in [0.5, 0.6) is 0 Å². The molecule has 146 valence electrons. The molecule has 0 spiro atoms. The quantitative estimate of drug-likeness (QED) is 0.670. The van der Waals surface area contributed by atoms with Crippen LogP contribution in [0.25, 0.3) is 5.82 Å². The lowest BCUT2D eigenvalue weighted by atomic mass is 10.3. The molecular weight excluding hydrogens is 381 g/mol. The third-order valence-electron chi connectivity index (χ3n) is 4.70. The second kappa shape index (κ2) is 7.33. The van der Waals surface area contributed by atoms with Gasteiger partial charge in [-0.05, 0) is 31.2 Å². The number of hydrogen-bond acceptors (Lipinski definition) is 5. The summed E-state index contributed by atoms with van der Waals surface area (Å²) in [5, 5.41) is 0. The second-order valence-electron chi connectivity index (χ2n) is 6.54. The van der Waals surface area contributed by atoms with Gasteiger partial charge in [0.25, 0.3) is 0 Å². The molecule has 1 aromatic carbocycles. The molecule has 3 aromatic rings. The zero-order valence-electron chi connectivity index (χ0n) is 15.4. The molecule has 3 heterocycles. The van der Waals surface area contributed by atoms with Crippen LogP contribution in [0.3, 0.4) is 0 Å². The molecule has 0 N–H and O–H groups in total. The highest BCUT2D eigenvalue weighted by atomic mass is 32.2. The molecule has 2 aromatic heterocycles. The molecule has 0 bridgehead atoms. The number of sulfonamides is 1. The highest BCUT2D eigenvalue weighted by Crippen LogP contribution is 2.23. The van der Waals surface area contributed by atoms with Crippen molar-refractivity contribution in [2.45, 2.75) is 11.8 Å². The smallest absolute Gasteiger partial charge is 0.246 e. The summed E-state index contributed by atoms with van der Waals surface area (Å²) in [7, 11) is -3.86. The van der Waals surface area contributed by atoms with Gasteiger partial charge in [-0.3, -0.25) is 0 Å². The number of hydrogen-bond donors (Lipinski definition) is 0. The Hall–Kier alpha value is -2.78. The van der Waals surface area contributed by atoms with Crippen LogP contribution < -0.4 is 4.90 Å². The Morgan fingerprint density at radius 1 is 0.929 bits per heavy atom. The summed E-state index contributed by atoms with van der Waals surface area (Å²) in [6.07, 6.45) is 3.81. The molecule has 1 fully saturated rings. The predicted molar refractivity (Wildman–Crippen MR) is 103 cm³/mol. The molecule has 9 heteroatoms. The SMILES string of the molecule is Cc1nc(N2CCN(S(=O)(=O)c3ccccc3F)CC2)cc(-n2cccc2)n1. The first-order chi connectivity index (χ1) is 13.4. The van der Waals surface area contributed by atoms with E-state index in [2.05, 4.69) is 9.97 Å². The molecule has 0 amide bonds. The first-order valence-electron chi connectivity index (χ1n) is 8.94. The molecule has 1 saturated heterocycles. The number of piperazine rings is 1. The van der Waals surface area contributed by atoms with E-state index in [1.165, 1.54) is 22.5 Å². The van der Waals surface area contributed by atoms with Gasteiger partial charge in [-0.15, -0.1) is 0 Å². The molecule has 4 rings (SSSR count). The summed E-state index contributed by atoms with van der Waals surface area (Å²) >= 11 is 0. The van der Waals surface area contributed by atoms with Crippen LogP contribution in [0.2, 0.25) is 0 Å². The molecular formula is C19H20FN5O2S. The Kier molecular flexibility index (Phi) is 4.86. The summed E-state index contributed by atoms with van der Waals surface area (Å²) in [5.41, 5.74) is 0. The van der Waals surface area contributed by atoms with Gasteiger partial charge in [0.15, 0.2) is 0 Å². The number of benzene rings is 1. The molecule has 1 aliphatic rings. The van der Waals surface area contributed by atoms with E-state index in [0.717, 1.165) is 17.7 Å². The van der Waals surface area contributed by atoms with Gasteiger partial charge in [0, 0.05) is 44.6 Å². The van der Waals surface area contributed by atoms with Crippen LogP contribution >= 0.6 is 0 Å². The van der Waals surface area contributed by atoms with E-state index < -0.39 is 15.8 Å². The molecule has 0 aliphatic carbocycles. The zero-order chi connectivity index (χ0) is 19.7. The van der Waals surface area contributed by atoms with Gasteiger partial charge < -0.3 is 9.47 Å². The fourth-order valence-electron chi connectivity index (χ4n) is 3.27. The van der Waals surface area contributed by atoms with Crippen molar-refractivity contribution in [3.05, 3.63) is 66.5 Å². The maximum atomic E-state index is 14.0. The fourth-order valence-corrected chi connectivity index (χ4v) is 4.76.